The summed E-state index contributed by atoms with van der Waals surface area (Å²) in [7, 11) is 2.79. The first-order valence-corrected chi connectivity index (χ1v) is 4.86. The number of nitrogens with zero attached hydrogens (tertiary/aromatic N) is 1. The van der Waals surface area contributed by atoms with E-state index in [2.05, 4.69) is 16.2 Å². The summed E-state index contributed by atoms with van der Waals surface area (Å²) in [5.74, 6) is 0.294. The maximum atomic E-state index is 11.3. The maximum Gasteiger partial charge on any atom is 0.222 e. The van der Waals surface area contributed by atoms with Crippen molar-refractivity contribution >= 4 is 15.1 Å². The van der Waals surface area contributed by atoms with E-state index in [1.165, 1.54) is 0 Å². The van der Waals surface area contributed by atoms with Crippen LogP contribution in [0.4, 0.5) is 0 Å². The van der Waals surface area contributed by atoms with Crippen LogP contribution in [0.1, 0.15) is 26.7 Å². The van der Waals surface area contributed by atoms with Crippen molar-refractivity contribution in [3.05, 3.63) is 0 Å². The minimum absolute atomic E-state index is 0.294. The SMILES string of the molecule is CCC(=O)N1CC(P)CC1C. The first kappa shape index (κ1) is 8.99. The molecule has 1 fully saturated rings. The monoisotopic (exact) mass is 173 g/mol. The van der Waals surface area contributed by atoms with Crippen LogP contribution < -0.4 is 0 Å². The zero-order chi connectivity index (χ0) is 8.43. The lowest BCUT2D eigenvalue weighted by atomic mass is 10.2. The number of hydrogen-bond donors (Lipinski definition) is 0. The fourth-order valence-corrected chi connectivity index (χ4v) is 2.24. The van der Waals surface area contributed by atoms with Crippen molar-refractivity contribution in [1.29, 1.82) is 0 Å². The molecular formula is C8H16NOP. The van der Waals surface area contributed by atoms with Crippen LogP contribution in [0.2, 0.25) is 0 Å². The van der Waals surface area contributed by atoms with Crippen LogP contribution in [0.25, 0.3) is 0 Å². The topological polar surface area (TPSA) is 20.3 Å². The number of hydrogen-bond acceptors (Lipinski definition) is 1. The van der Waals surface area contributed by atoms with E-state index in [1.807, 2.05) is 11.8 Å². The third-order valence-corrected chi connectivity index (χ3v) is 2.71. The Morgan fingerprint density at radius 1 is 1.73 bits per heavy atom. The molecule has 1 aliphatic rings. The molecule has 0 aromatic carbocycles. The minimum Gasteiger partial charge on any atom is -0.339 e. The van der Waals surface area contributed by atoms with Gasteiger partial charge < -0.3 is 4.90 Å². The van der Waals surface area contributed by atoms with Crippen LogP contribution in [-0.4, -0.2) is 29.1 Å². The van der Waals surface area contributed by atoms with Gasteiger partial charge >= 0.3 is 0 Å². The van der Waals surface area contributed by atoms with Gasteiger partial charge in [0.05, 0.1) is 0 Å². The Labute approximate surface area is 70.5 Å². The molecule has 0 spiro atoms. The van der Waals surface area contributed by atoms with Gasteiger partial charge in [0.15, 0.2) is 0 Å². The highest BCUT2D eigenvalue weighted by Crippen LogP contribution is 2.23. The Balaban J connectivity index is 2.52. The summed E-state index contributed by atoms with van der Waals surface area (Å²) in [6.07, 6.45) is 1.78. The zero-order valence-corrected chi connectivity index (χ0v) is 8.36. The molecule has 3 heteroatoms. The van der Waals surface area contributed by atoms with Gasteiger partial charge in [-0.3, -0.25) is 4.79 Å². The number of carbonyl (C=O) groups is 1. The Morgan fingerprint density at radius 3 is 2.73 bits per heavy atom. The number of carbonyl (C=O) groups excluding carboxylic acids is 1. The summed E-state index contributed by atoms with van der Waals surface area (Å²) in [6, 6.07) is 0.449. The molecule has 11 heavy (non-hydrogen) atoms. The molecule has 0 bridgehead atoms. The highest BCUT2D eigenvalue weighted by molar-refractivity contribution is 7.17. The standard InChI is InChI=1S/C8H16NOP/c1-3-8(10)9-5-7(11)4-6(9)2/h6-7H,3-5,11H2,1-2H3. The smallest absolute Gasteiger partial charge is 0.222 e. The molecule has 1 rings (SSSR count). The molecule has 3 unspecified atom stereocenters. The van der Waals surface area contributed by atoms with Gasteiger partial charge in [-0.05, 0) is 19.0 Å². The molecule has 0 aromatic heterocycles. The van der Waals surface area contributed by atoms with E-state index < -0.39 is 0 Å². The first-order valence-electron chi connectivity index (χ1n) is 4.20. The van der Waals surface area contributed by atoms with E-state index in [-0.39, 0.29) is 0 Å². The van der Waals surface area contributed by atoms with Crippen molar-refractivity contribution in [2.24, 2.45) is 0 Å². The number of amides is 1. The summed E-state index contributed by atoms with van der Waals surface area (Å²) >= 11 is 0. The first-order chi connectivity index (χ1) is 5.15. The predicted molar refractivity (Wildman–Crippen MR) is 49.6 cm³/mol. The zero-order valence-electron chi connectivity index (χ0n) is 7.21. The van der Waals surface area contributed by atoms with Gasteiger partial charge in [-0.2, -0.15) is 0 Å². The van der Waals surface area contributed by atoms with Crippen molar-refractivity contribution in [2.75, 3.05) is 6.54 Å². The molecule has 0 N–H and O–H groups in total. The van der Waals surface area contributed by atoms with Gasteiger partial charge in [-0.25, -0.2) is 0 Å². The maximum absolute atomic E-state index is 11.3. The van der Waals surface area contributed by atoms with E-state index in [1.54, 1.807) is 0 Å². The van der Waals surface area contributed by atoms with Crippen molar-refractivity contribution in [1.82, 2.24) is 4.90 Å². The molecule has 1 heterocycles. The molecular weight excluding hydrogens is 157 g/mol. The van der Waals surface area contributed by atoms with Crippen LogP contribution in [0.15, 0.2) is 0 Å². The summed E-state index contributed by atoms with van der Waals surface area (Å²) in [4.78, 5) is 13.3. The Morgan fingerprint density at radius 2 is 2.36 bits per heavy atom. The second-order valence-corrected chi connectivity index (χ2v) is 4.19. The van der Waals surface area contributed by atoms with Crippen LogP contribution in [0.3, 0.4) is 0 Å². The lowest BCUT2D eigenvalue weighted by Gasteiger charge is -2.20. The number of rotatable bonds is 1. The van der Waals surface area contributed by atoms with Crippen molar-refractivity contribution < 1.29 is 4.79 Å². The molecule has 3 atom stereocenters. The molecule has 64 valence electrons. The molecule has 0 radical (unpaired) electrons. The average molecular weight is 173 g/mol. The van der Waals surface area contributed by atoms with Gasteiger partial charge in [-0.15, -0.1) is 9.24 Å². The van der Waals surface area contributed by atoms with E-state index in [0.717, 1.165) is 13.0 Å². The van der Waals surface area contributed by atoms with Gasteiger partial charge in [0.1, 0.15) is 0 Å². The van der Waals surface area contributed by atoms with Crippen LogP contribution in [-0.2, 0) is 4.79 Å². The third kappa shape index (κ3) is 1.93. The van der Waals surface area contributed by atoms with Crippen molar-refractivity contribution in [3.63, 3.8) is 0 Å². The van der Waals surface area contributed by atoms with E-state index in [4.69, 9.17) is 0 Å². The Kier molecular flexibility index (Phi) is 2.89. The van der Waals surface area contributed by atoms with Crippen LogP contribution >= 0.6 is 9.24 Å². The predicted octanol–water partition coefficient (Wildman–Crippen LogP) is 1.26. The average Bonchev–Trinajstić information content (AvgIpc) is 2.28. The van der Waals surface area contributed by atoms with Gasteiger partial charge in [0.25, 0.3) is 0 Å². The summed E-state index contributed by atoms with van der Waals surface area (Å²) in [5.41, 5.74) is 0.612. The largest absolute Gasteiger partial charge is 0.339 e. The molecule has 0 aromatic rings. The second kappa shape index (κ2) is 3.53. The Bertz CT molecular complexity index is 160. The van der Waals surface area contributed by atoms with E-state index in [9.17, 15) is 4.79 Å². The molecule has 1 amide bonds. The fraction of sp³-hybridized carbons (Fsp3) is 0.875. The lowest BCUT2D eigenvalue weighted by Crippen LogP contribution is -2.33. The van der Waals surface area contributed by atoms with Gasteiger partial charge in [0, 0.05) is 19.0 Å². The lowest BCUT2D eigenvalue weighted by molar-refractivity contribution is -0.131. The molecule has 0 saturated carbocycles. The fourth-order valence-electron chi connectivity index (χ4n) is 1.62. The normalized spacial score (nSPS) is 31.0. The summed E-state index contributed by atoms with van der Waals surface area (Å²) in [5, 5.41) is 0. The van der Waals surface area contributed by atoms with Crippen molar-refractivity contribution in [2.45, 2.75) is 38.4 Å². The van der Waals surface area contributed by atoms with E-state index >= 15 is 0 Å². The van der Waals surface area contributed by atoms with Gasteiger partial charge in [0.2, 0.25) is 5.91 Å². The molecule has 1 aliphatic heterocycles. The molecule has 0 aliphatic carbocycles. The van der Waals surface area contributed by atoms with Crippen LogP contribution in [0.5, 0.6) is 0 Å². The minimum atomic E-state index is 0.294. The van der Waals surface area contributed by atoms with Gasteiger partial charge in [-0.1, -0.05) is 6.92 Å². The third-order valence-electron chi connectivity index (χ3n) is 2.23. The molecule has 1 saturated heterocycles. The number of likely N-dealkylation sites (tertiary alicyclic amines) is 1. The highest BCUT2D eigenvalue weighted by atomic mass is 31.0. The van der Waals surface area contributed by atoms with E-state index in [0.29, 0.717) is 24.0 Å². The second-order valence-electron chi connectivity index (χ2n) is 3.24. The van der Waals surface area contributed by atoms with Crippen LogP contribution in [0, 0.1) is 0 Å². The summed E-state index contributed by atoms with van der Waals surface area (Å²) in [6.45, 7) is 4.97. The highest BCUT2D eigenvalue weighted by Gasteiger charge is 2.28. The Hall–Kier alpha value is -0.100. The van der Waals surface area contributed by atoms with Crippen molar-refractivity contribution in [3.8, 4) is 0 Å². The summed E-state index contributed by atoms with van der Waals surface area (Å²) < 4.78 is 0. The molecule has 2 nitrogen and oxygen atoms in total. The quantitative estimate of drug-likeness (QED) is 0.547.